The van der Waals surface area contributed by atoms with E-state index in [1.54, 1.807) is 0 Å². The van der Waals surface area contributed by atoms with Crippen molar-refractivity contribution in [2.45, 2.75) is 78.2 Å². The summed E-state index contributed by atoms with van der Waals surface area (Å²) in [6, 6.07) is 7.14. The minimum absolute atomic E-state index is 0.100. The number of hydrogen-bond donors (Lipinski definition) is 1. The average molecular weight is 306 g/mol. The minimum Gasteiger partial charge on any atom is -0.394 e. The lowest BCUT2D eigenvalue weighted by Gasteiger charge is -2.25. The first-order chi connectivity index (χ1) is 10.5. The molecule has 0 radical (unpaired) electrons. The fourth-order valence-corrected chi connectivity index (χ4v) is 2.96. The summed E-state index contributed by atoms with van der Waals surface area (Å²) in [6.45, 7) is 9.24. The second kappa shape index (κ2) is 10.0. The predicted octanol–water partition coefficient (Wildman–Crippen LogP) is 4.70. The van der Waals surface area contributed by atoms with E-state index in [2.05, 4.69) is 45.9 Å². The van der Waals surface area contributed by atoms with Gasteiger partial charge in [0, 0.05) is 0 Å². The van der Waals surface area contributed by atoms with Gasteiger partial charge in [-0.1, -0.05) is 44.9 Å². The number of benzene rings is 1. The van der Waals surface area contributed by atoms with E-state index in [9.17, 15) is 0 Å². The molecule has 0 aliphatic carbocycles. The number of hydrogen-bond acceptors (Lipinski definition) is 2. The predicted molar refractivity (Wildman–Crippen MR) is 94.5 cm³/mol. The van der Waals surface area contributed by atoms with Crippen molar-refractivity contribution in [2.75, 3.05) is 13.2 Å². The van der Waals surface area contributed by atoms with E-state index in [1.165, 1.54) is 42.4 Å². The number of ether oxygens (including phenoxy) is 1. The van der Waals surface area contributed by atoms with Crippen LogP contribution in [0, 0.1) is 0 Å². The summed E-state index contributed by atoms with van der Waals surface area (Å²) in [4.78, 5) is 0. The Kier molecular flexibility index (Phi) is 8.74. The molecule has 1 aromatic rings. The molecule has 0 heterocycles. The molecule has 0 atom stereocenters. The van der Waals surface area contributed by atoms with Gasteiger partial charge in [0.25, 0.3) is 0 Å². The van der Waals surface area contributed by atoms with Gasteiger partial charge in [-0.3, -0.25) is 0 Å². The molecule has 0 aliphatic rings. The largest absolute Gasteiger partial charge is 0.394 e. The second-order valence-corrected chi connectivity index (χ2v) is 6.84. The number of aliphatic hydroxyl groups is 1. The van der Waals surface area contributed by atoms with Crippen molar-refractivity contribution in [3.8, 4) is 0 Å². The first kappa shape index (κ1) is 19.2. The monoisotopic (exact) mass is 306 g/mol. The van der Waals surface area contributed by atoms with Crippen molar-refractivity contribution in [1.29, 1.82) is 0 Å². The van der Waals surface area contributed by atoms with Gasteiger partial charge in [-0.15, -0.1) is 0 Å². The maximum absolute atomic E-state index is 8.87. The van der Waals surface area contributed by atoms with E-state index >= 15 is 0 Å². The van der Waals surface area contributed by atoms with Crippen LogP contribution in [0.3, 0.4) is 0 Å². The first-order valence-corrected chi connectivity index (χ1v) is 8.87. The molecule has 0 fully saturated rings. The number of rotatable bonds is 11. The Morgan fingerprint density at radius 1 is 0.909 bits per heavy atom. The maximum atomic E-state index is 8.87. The Morgan fingerprint density at radius 2 is 1.41 bits per heavy atom. The zero-order valence-corrected chi connectivity index (χ0v) is 15.0. The highest BCUT2D eigenvalue weighted by molar-refractivity contribution is 5.30. The summed E-state index contributed by atoms with van der Waals surface area (Å²) in [5, 5.41) is 8.87. The molecule has 0 aliphatic heterocycles. The van der Waals surface area contributed by atoms with Crippen molar-refractivity contribution in [2.24, 2.45) is 0 Å². The summed E-state index contributed by atoms with van der Waals surface area (Å²) in [5.41, 5.74) is 4.29. The Bertz CT molecular complexity index is 399. The highest BCUT2D eigenvalue weighted by Gasteiger charge is 2.17. The molecule has 22 heavy (non-hydrogen) atoms. The molecule has 1 aromatic carbocycles. The molecule has 0 aromatic heterocycles. The average Bonchev–Trinajstić information content (AvgIpc) is 2.45. The summed E-state index contributed by atoms with van der Waals surface area (Å²) in [6.07, 6.45) is 8.02. The molecule has 2 nitrogen and oxygen atoms in total. The molecule has 126 valence electrons. The quantitative estimate of drug-likeness (QED) is 0.642. The molecular formula is C20H34O2. The van der Waals surface area contributed by atoms with Gasteiger partial charge in [-0.25, -0.2) is 0 Å². The summed E-state index contributed by atoms with van der Waals surface area (Å²) in [5.74, 6) is 0. The van der Waals surface area contributed by atoms with Gasteiger partial charge >= 0.3 is 0 Å². The Morgan fingerprint density at radius 3 is 1.86 bits per heavy atom. The van der Waals surface area contributed by atoms with Crippen molar-refractivity contribution in [3.05, 3.63) is 34.9 Å². The molecule has 1 N–H and O–H groups in total. The lowest BCUT2D eigenvalue weighted by Crippen LogP contribution is -2.26. The Balaban J connectivity index is 2.60. The van der Waals surface area contributed by atoms with E-state index in [0.29, 0.717) is 6.61 Å². The SMILES string of the molecule is CCCc1cc(CCC)cc(CCCC(C)(C)OCCO)c1. The van der Waals surface area contributed by atoms with Crippen molar-refractivity contribution in [3.63, 3.8) is 0 Å². The molecule has 2 heteroatoms. The van der Waals surface area contributed by atoms with Crippen LogP contribution in [0.5, 0.6) is 0 Å². The highest BCUT2D eigenvalue weighted by Crippen LogP contribution is 2.20. The zero-order valence-electron chi connectivity index (χ0n) is 15.0. The third-order valence-corrected chi connectivity index (χ3v) is 4.02. The van der Waals surface area contributed by atoms with Crippen molar-refractivity contribution >= 4 is 0 Å². The van der Waals surface area contributed by atoms with Gasteiger partial charge in [-0.05, 0) is 62.6 Å². The summed E-state index contributed by atoms with van der Waals surface area (Å²) < 4.78 is 5.69. The van der Waals surface area contributed by atoms with Gasteiger partial charge in [-0.2, -0.15) is 0 Å². The fourth-order valence-electron chi connectivity index (χ4n) is 2.96. The van der Waals surface area contributed by atoms with Crippen LogP contribution in [-0.4, -0.2) is 23.9 Å². The lowest BCUT2D eigenvalue weighted by atomic mass is 9.95. The van der Waals surface area contributed by atoms with Gasteiger partial charge < -0.3 is 9.84 Å². The van der Waals surface area contributed by atoms with Crippen LogP contribution in [0.1, 0.15) is 70.1 Å². The van der Waals surface area contributed by atoms with E-state index in [0.717, 1.165) is 19.3 Å². The lowest BCUT2D eigenvalue weighted by molar-refractivity contribution is -0.0390. The minimum atomic E-state index is -0.143. The van der Waals surface area contributed by atoms with Gasteiger partial charge in [0.1, 0.15) is 0 Å². The van der Waals surface area contributed by atoms with E-state index in [-0.39, 0.29) is 12.2 Å². The molecule has 0 unspecified atom stereocenters. The van der Waals surface area contributed by atoms with Crippen molar-refractivity contribution in [1.82, 2.24) is 0 Å². The second-order valence-electron chi connectivity index (χ2n) is 6.84. The van der Waals surface area contributed by atoms with Gasteiger partial charge in [0.15, 0.2) is 0 Å². The number of aryl methyl sites for hydroxylation is 3. The standard InChI is InChI=1S/C20H34O2/c1-5-8-17-14-18(9-6-2)16-19(15-17)10-7-11-20(3,4)22-13-12-21/h14-16,21H,5-13H2,1-4H3. The normalized spacial score (nSPS) is 11.9. The smallest absolute Gasteiger partial charge is 0.0704 e. The van der Waals surface area contributed by atoms with Crippen LogP contribution in [-0.2, 0) is 24.0 Å². The molecule has 0 saturated carbocycles. The Hall–Kier alpha value is -0.860. The molecular weight excluding hydrogens is 272 g/mol. The van der Waals surface area contributed by atoms with Crippen LogP contribution < -0.4 is 0 Å². The molecule has 1 rings (SSSR count). The van der Waals surface area contributed by atoms with Crippen LogP contribution in [0.15, 0.2) is 18.2 Å². The van der Waals surface area contributed by atoms with Crippen molar-refractivity contribution < 1.29 is 9.84 Å². The van der Waals surface area contributed by atoms with Crippen LogP contribution in [0.2, 0.25) is 0 Å². The van der Waals surface area contributed by atoms with Crippen LogP contribution in [0.25, 0.3) is 0 Å². The van der Waals surface area contributed by atoms with Crippen LogP contribution >= 0.6 is 0 Å². The third kappa shape index (κ3) is 7.42. The summed E-state index contributed by atoms with van der Waals surface area (Å²) >= 11 is 0. The van der Waals surface area contributed by atoms with E-state index in [4.69, 9.17) is 9.84 Å². The van der Waals surface area contributed by atoms with Gasteiger partial charge in [0.05, 0.1) is 18.8 Å². The van der Waals surface area contributed by atoms with Crippen LogP contribution in [0.4, 0.5) is 0 Å². The molecule has 0 bridgehead atoms. The fraction of sp³-hybridized carbons (Fsp3) is 0.700. The van der Waals surface area contributed by atoms with E-state index in [1.807, 2.05) is 0 Å². The van der Waals surface area contributed by atoms with E-state index < -0.39 is 0 Å². The molecule has 0 spiro atoms. The first-order valence-electron chi connectivity index (χ1n) is 8.87. The maximum Gasteiger partial charge on any atom is 0.0704 e. The molecule has 0 saturated heterocycles. The molecule has 0 amide bonds. The number of aliphatic hydroxyl groups excluding tert-OH is 1. The third-order valence-electron chi connectivity index (χ3n) is 4.02. The topological polar surface area (TPSA) is 29.5 Å². The Labute approximate surface area is 136 Å². The zero-order chi connectivity index (χ0) is 16.4. The highest BCUT2D eigenvalue weighted by atomic mass is 16.5. The summed E-state index contributed by atoms with van der Waals surface area (Å²) in [7, 11) is 0. The van der Waals surface area contributed by atoms with Gasteiger partial charge in [0.2, 0.25) is 0 Å².